The maximum atomic E-state index is 13.0. The number of anilines is 1. The van der Waals surface area contributed by atoms with Crippen molar-refractivity contribution in [3.8, 4) is 0 Å². The predicted molar refractivity (Wildman–Crippen MR) is 105 cm³/mol. The summed E-state index contributed by atoms with van der Waals surface area (Å²) in [5, 5.41) is 0. The van der Waals surface area contributed by atoms with E-state index in [4.69, 9.17) is 5.73 Å². The molecule has 1 aliphatic rings. The van der Waals surface area contributed by atoms with E-state index in [1.54, 1.807) is 6.07 Å². The lowest BCUT2D eigenvalue weighted by molar-refractivity contribution is 0.0756. The van der Waals surface area contributed by atoms with Gasteiger partial charge in [0.2, 0.25) is 5.95 Å². The number of aromatic nitrogens is 2. The number of carbonyl (C=O) groups is 1. The molecule has 2 aromatic rings. The van der Waals surface area contributed by atoms with Crippen molar-refractivity contribution in [2.45, 2.75) is 39.2 Å². The molecule has 1 aromatic heterocycles. The molecule has 5 nitrogen and oxygen atoms in total. The Hall–Kier alpha value is -2.69. The third-order valence-corrected chi connectivity index (χ3v) is 4.29. The first-order valence-corrected chi connectivity index (χ1v) is 9.19. The summed E-state index contributed by atoms with van der Waals surface area (Å²) in [6, 6.07) is 12.2. The molecule has 0 aliphatic heterocycles. The Kier molecular flexibility index (Phi) is 5.66. The molecule has 1 aromatic carbocycles. The van der Waals surface area contributed by atoms with Crippen molar-refractivity contribution in [2.24, 2.45) is 5.92 Å². The zero-order chi connectivity index (χ0) is 18.5. The fraction of sp³-hybridized carbons (Fsp3) is 0.381. The second-order valence-corrected chi connectivity index (χ2v) is 7.20. The van der Waals surface area contributed by atoms with E-state index < -0.39 is 0 Å². The molecule has 136 valence electrons. The van der Waals surface area contributed by atoms with Gasteiger partial charge in [-0.15, -0.1) is 0 Å². The van der Waals surface area contributed by atoms with Crippen molar-refractivity contribution in [1.29, 1.82) is 0 Å². The Balaban J connectivity index is 1.75. The average molecular weight is 350 g/mol. The number of hydrogen-bond acceptors (Lipinski definition) is 4. The highest BCUT2D eigenvalue weighted by atomic mass is 16.2. The molecule has 1 aliphatic carbocycles. The normalized spacial score (nSPS) is 14.1. The van der Waals surface area contributed by atoms with Crippen molar-refractivity contribution in [3.63, 3.8) is 0 Å². The number of nitrogens with two attached hydrogens (primary N) is 1. The summed E-state index contributed by atoms with van der Waals surface area (Å²) in [6.45, 7) is 4.80. The SMILES string of the molecule is CC(C)Cc1cc(C(=O)N(CC=Cc2ccccc2)C2CC2)nc(N)n1. The summed E-state index contributed by atoms with van der Waals surface area (Å²) in [5.74, 6) is 0.548. The first-order chi connectivity index (χ1) is 12.5. The molecule has 2 N–H and O–H groups in total. The van der Waals surface area contributed by atoms with E-state index in [0.717, 1.165) is 30.5 Å². The minimum absolute atomic E-state index is 0.0654. The van der Waals surface area contributed by atoms with Gasteiger partial charge in [-0.25, -0.2) is 9.97 Å². The summed E-state index contributed by atoms with van der Waals surface area (Å²) in [7, 11) is 0. The van der Waals surface area contributed by atoms with Crippen LogP contribution in [0.2, 0.25) is 0 Å². The van der Waals surface area contributed by atoms with Crippen LogP contribution in [0.3, 0.4) is 0 Å². The lowest BCUT2D eigenvalue weighted by Crippen LogP contribution is -2.34. The van der Waals surface area contributed by atoms with Crippen LogP contribution in [0.25, 0.3) is 6.08 Å². The summed E-state index contributed by atoms with van der Waals surface area (Å²) < 4.78 is 0. The smallest absolute Gasteiger partial charge is 0.273 e. The number of nitrogen functional groups attached to an aromatic ring is 1. The molecule has 0 unspecified atom stereocenters. The van der Waals surface area contributed by atoms with Crippen LogP contribution >= 0.6 is 0 Å². The zero-order valence-corrected chi connectivity index (χ0v) is 15.4. The van der Waals surface area contributed by atoms with Crippen LogP contribution in [0, 0.1) is 5.92 Å². The maximum absolute atomic E-state index is 13.0. The van der Waals surface area contributed by atoms with E-state index in [9.17, 15) is 4.79 Å². The van der Waals surface area contributed by atoms with E-state index >= 15 is 0 Å². The second kappa shape index (κ2) is 8.13. The van der Waals surface area contributed by atoms with Gasteiger partial charge in [-0.1, -0.05) is 56.3 Å². The van der Waals surface area contributed by atoms with Gasteiger partial charge in [-0.2, -0.15) is 0 Å². The topological polar surface area (TPSA) is 72.1 Å². The lowest BCUT2D eigenvalue weighted by Gasteiger charge is -2.20. The van der Waals surface area contributed by atoms with E-state index in [0.29, 0.717) is 24.2 Å². The van der Waals surface area contributed by atoms with Crippen LogP contribution in [0.4, 0.5) is 5.95 Å². The van der Waals surface area contributed by atoms with Crippen LogP contribution < -0.4 is 5.73 Å². The van der Waals surface area contributed by atoms with Crippen LogP contribution in [0.5, 0.6) is 0 Å². The van der Waals surface area contributed by atoms with Gasteiger partial charge >= 0.3 is 0 Å². The lowest BCUT2D eigenvalue weighted by atomic mass is 10.1. The molecular formula is C21H26N4O. The van der Waals surface area contributed by atoms with Gasteiger partial charge < -0.3 is 10.6 Å². The van der Waals surface area contributed by atoms with Gasteiger partial charge in [-0.05, 0) is 36.8 Å². The van der Waals surface area contributed by atoms with E-state index in [1.165, 1.54) is 0 Å². The Morgan fingerprint density at radius 1 is 1.27 bits per heavy atom. The Morgan fingerprint density at radius 3 is 2.65 bits per heavy atom. The first kappa shape index (κ1) is 18.1. The Bertz CT molecular complexity index is 782. The quantitative estimate of drug-likeness (QED) is 0.828. The van der Waals surface area contributed by atoms with Crippen LogP contribution in [0.15, 0.2) is 42.5 Å². The van der Waals surface area contributed by atoms with Crippen LogP contribution in [-0.2, 0) is 6.42 Å². The van der Waals surface area contributed by atoms with Gasteiger partial charge in [0.25, 0.3) is 5.91 Å². The summed E-state index contributed by atoms with van der Waals surface area (Å²) in [5.41, 5.74) is 8.18. The Labute approximate surface area is 155 Å². The number of benzene rings is 1. The van der Waals surface area contributed by atoms with Crippen molar-refractivity contribution < 1.29 is 4.79 Å². The molecule has 0 bridgehead atoms. The summed E-state index contributed by atoms with van der Waals surface area (Å²) in [4.78, 5) is 23.3. The fourth-order valence-corrected chi connectivity index (χ4v) is 2.95. The molecule has 1 heterocycles. The summed E-state index contributed by atoms with van der Waals surface area (Å²) >= 11 is 0. The van der Waals surface area contributed by atoms with Gasteiger partial charge in [0.1, 0.15) is 5.69 Å². The average Bonchev–Trinajstić information content (AvgIpc) is 3.43. The molecule has 26 heavy (non-hydrogen) atoms. The van der Waals surface area contributed by atoms with Crippen molar-refractivity contribution in [1.82, 2.24) is 14.9 Å². The van der Waals surface area contributed by atoms with Crippen molar-refractivity contribution >= 4 is 17.9 Å². The molecule has 0 radical (unpaired) electrons. The maximum Gasteiger partial charge on any atom is 0.273 e. The van der Waals surface area contributed by atoms with Crippen LogP contribution in [0.1, 0.15) is 48.4 Å². The number of amides is 1. The first-order valence-electron chi connectivity index (χ1n) is 9.19. The highest BCUT2D eigenvalue weighted by molar-refractivity contribution is 5.93. The highest BCUT2D eigenvalue weighted by Crippen LogP contribution is 2.28. The monoisotopic (exact) mass is 350 g/mol. The molecule has 5 heteroatoms. The Morgan fingerprint density at radius 2 is 2.00 bits per heavy atom. The van der Waals surface area contributed by atoms with Gasteiger partial charge in [0, 0.05) is 18.3 Å². The fourth-order valence-electron chi connectivity index (χ4n) is 2.95. The summed E-state index contributed by atoms with van der Waals surface area (Å²) in [6.07, 6.45) is 6.95. The third-order valence-electron chi connectivity index (χ3n) is 4.29. The van der Waals surface area contributed by atoms with E-state index in [-0.39, 0.29) is 11.9 Å². The minimum atomic E-state index is -0.0654. The van der Waals surface area contributed by atoms with Crippen LogP contribution in [-0.4, -0.2) is 33.4 Å². The molecule has 1 amide bonds. The highest BCUT2D eigenvalue weighted by Gasteiger charge is 2.33. The van der Waals surface area contributed by atoms with E-state index in [2.05, 4.69) is 23.8 Å². The number of hydrogen-bond donors (Lipinski definition) is 1. The molecule has 1 saturated carbocycles. The molecule has 1 fully saturated rings. The standard InChI is InChI=1S/C21H26N4O/c1-15(2)13-17-14-19(24-21(22)23-17)20(26)25(18-10-11-18)12-6-9-16-7-4-3-5-8-16/h3-9,14-15,18H,10-13H2,1-2H3,(H2,22,23,24). The second-order valence-electron chi connectivity index (χ2n) is 7.20. The largest absolute Gasteiger partial charge is 0.368 e. The molecule has 0 spiro atoms. The van der Waals surface area contributed by atoms with Crippen molar-refractivity contribution in [3.05, 3.63) is 59.4 Å². The third kappa shape index (κ3) is 4.91. The van der Waals surface area contributed by atoms with Gasteiger partial charge in [0.05, 0.1) is 0 Å². The molecule has 3 rings (SSSR count). The van der Waals surface area contributed by atoms with E-state index in [1.807, 2.05) is 47.4 Å². The predicted octanol–water partition coefficient (Wildman–Crippen LogP) is 3.58. The number of rotatable bonds is 7. The molecule has 0 atom stereocenters. The molecular weight excluding hydrogens is 324 g/mol. The van der Waals surface area contributed by atoms with Crippen molar-refractivity contribution in [2.75, 3.05) is 12.3 Å². The zero-order valence-electron chi connectivity index (χ0n) is 15.4. The van der Waals surface area contributed by atoms with Gasteiger partial charge in [-0.3, -0.25) is 4.79 Å². The minimum Gasteiger partial charge on any atom is -0.368 e. The van der Waals surface area contributed by atoms with Gasteiger partial charge in [0.15, 0.2) is 0 Å². The molecule has 0 saturated heterocycles. The number of nitrogens with zero attached hydrogens (tertiary/aromatic N) is 3. The number of carbonyl (C=O) groups excluding carboxylic acids is 1.